The van der Waals surface area contributed by atoms with Crippen molar-refractivity contribution >= 4 is 11.9 Å². The zero-order valence-electron chi connectivity index (χ0n) is 10.5. The van der Waals surface area contributed by atoms with E-state index in [4.69, 9.17) is 5.11 Å². The summed E-state index contributed by atoms with van der Waals surface area (Å²) >= 11 is 0. The van der Waals surface area contributed by atoms with E-state index in [0.717, 1.165) is 12.3 Å². The van der Waals surface area contributed by atoms with Crippen molar-refractivity contribution in [3.63, 3.8) is 0 Å². The quantitative estimate of drug-likeness (QED) is 0.827. The number of aromatic nitrogens is 1. The van der Waals surface area contributed by atoms with Crippen LogP contribution in [0.25, 0.3) is 0 Å². The minimum Gasteiger partial charge on any atom is -0.480 e. The summed E-state index contributed by atoms with van der Waals surface area (Å²) in [6, 6.07) is 2.35. The van der Waals surface area contributed by atoms with Gasteiger partial charge in [-0.1, -0.05) is 0 Å². The predicted molar refractivity (Wildman–Crippen MR) is 62.6 cm³/mol. The van der Waals surface area contributed by atoms with Crippen molar-refractivity contribution in [1.82, 2.24) is 9.88 Å². The maximum absolute atomic E-state index is 12.7. The van der Waals surface area contributed by atoms with Gasteiger partial charge in [0.2, 0.25) is 5.95 Å². The van der Waals surface area contributed by atoms with Crippen molar-refractivity contribution < 1.29 is 19.1 Å². The van der Waals surface area contributed by atoms with Gasteiger partial charge in [0.05, 0.1) is 5.56 Å². The largest absolute Gasteiger partial charge is 0.480 e. The highest BCUT2D eigenvalue weighted by atomic mass is 19.1. The monoisotopic (exact) mass is 254 g/mol. The van der Waals surface area contributed by atoms with E-state index in [1.165, 1.54) is 24.8 Å². The smallest absolute Gasteiger partial charge is 0.329 e. The Balaban J connectivity index is 3.07. The van der Waals surface area contributed by atoms with Crippen LogP contribution in [0.4, 0.5) is 4.39 Å². The van der Waals surface area contributed by atoms with Crippen LogP contribution in [0, 0.1) is 5.95 Å². The lowest BCUT2D eigenvalue weighted by atomic mass is 10.0. The molecule has 0 aromatic carbocycles. The van der Waals surface area contributed by atoms with E-state index in [9.17, 15) is 14.0 Å². The van der Waals surface area contributed by atoms with Gasteiger partial charge in [-0.3, -0.25) is 4.79 Å². The van der Waals surface area contributed by atoms with Crippen molar-refractivity contribution in [2.24, 2.45) is 0 Å². The minimum atomic E-state index is -1.33. The van der Waals surface area contributed by atoms with E-state index in [-0.39, 0.29) is 12.1 Å². The zero-order chi connectivity index (χ0) is 13.9. The molecular formula is C12H15FN2O3. The summed E-state index contributed by atoms with van der Waals surface area (Å²) in [5.41, 5.74) is -1.17. The Hall–Kier alpha value is -1.98. The van der Waals surface area contributed by atoms with Gasteiger partial charge in [-0.05, 0) is 32.9 Å². The molecule has 5 nitrogen and oxygen atoms in total. The number of nitrogens with zero attached hydrogens (tertiary/aromatic N) is 2. The van der Waals surface area contributed by atoms with Crippen LogP contribution >= 0.6 is 0 Å². The summed E-state index contributed by atoms with van der Waals surface area (Å²) in [5, 5.41) is 9.11. The second-order valence-electron chi connectivity index (χ2n) is 4.28. The van der Waals surface area contributed by atoms with Gasteiger partial charge in [0.15, 0.2) is 0 Å². The molecule has 0 saturated heterocycles. The number of pyridine rings is 1. The normalized spacial score (nSPS) is 11.1. The molecule has 0 fully saturated rings. The molecule has 1 N–H and O–H groups in total. The lowest BCUT2D eigenvalue weighted by Gasteiger charge is -2.34. The fraction of sp³-hybridized carbons (Fsp3) is 0.417. The highest BCUT2D eigenvalue weighted by Crippen LogP contribution is 2.18. The Labute approximate surface area is 104 Å². The molecule has 6 heteroatoms. The Kier molecular flexibility index (Phi) is 4.00. The van der Waals surface area contributed by atoms with Crippen LogP contribution in [0.5, 0.6) is 0 Å². The highest BCUT2D eigenvalue weighted by Gasteiger charge is 2.37. The number of amides is 1. The molecule has 0 spiro atoms. The van der Waals surface area contributed by atoms with Gasteiger partial charge in [-0.2, -0.15) is 4.39 Å². The van der Waals surface area contributed by atoms with Crippen LogP contribution in [-0.4, -0.2) is 39.0 Å². The van der Waals surface area contributed by atoms with E-state index < -0.39 is 23.4 Å². The van der Waals surface area contributed by atoms with Gasteiger partial charge in [0, 0.05) is 12.7 Å². The lowest BCUT2D eigenvalue weighted by Crippen LogP contribution is -2.52. The van der Waals surface area contributed by atoms with Crippen molar-refractivity contribution in [1.29, 1.82) is 0 Å². The van der Waals surface area contributed by atoms with Crippen LogP contribution in [0.3, 0.4) is 0 Å². The number of carbonyl (C=O) groups excluding carboxylic acids is 1. The maximum Gasteiger partial charge on any atom is 0.329 e. The lowest BCUT2D eigenvalue weighted by molar-refractivity contribution is -0.147. The molecule has 0 saturated carbocycles. The summed E-state index contributed by atoms with van der Waals surface area (Å²) in [4.78, 5) is 27.9. The number of carboxylic acid groups (broad SMARTS) is 1. The van der Waals surface area contributed by atoms with E-state index in [1.54, 1.807) is 6.92 Å². The third kappa shape index (κ3) is 2.64. The molecule has 0 aliphatic carbocycles. The van der Waals surface area contributed by atoms with Crippen molar-refractivity contribution in [3.05, 3.63) is 29.8 Å². The third-order valence-corrected chi connectivity index (χ3v) is 2.73. The Bertz CT molecular complexity index is 457. The molecule has 0 aliphatic heterocycles. The number of rotatable bonds is 4. The molecule has 18 heavy (non-hydrogen) atoms. The predicted octanol–water partition coefficient (Wildman–Crippen LogP) is 1.55. The van der Waals surface area contributed by atoms with Crippen LogP contribution in [0.15, 0.2) is 18.3 Å². The molecule has 1 heterocycles. The number of hydrogen-bond donors (Lipinski definition) is 1. The molecular weight excluding hydrogens is 239 g/mol. The van der Waals surface area contributed by atoms with Crippen molar-refractivity contribution in [2.45, 2.75) is 26.3 Å². The molecule has 1 rings (SSSR count). The maximum atomic E-state index is 12.7. The van der Waals surface area contributed by atoms with Crippen LogP contribution in [0.1, 0.15) is 31.1 Å². The molecule has 0 aliphatic rings. The van der Waals surface area contributed by atoms with Crippen LogP contribution in [-0.2, 0) is 4.79 Å². The van der Waals surface area contributed by atoms with Gasteiger partial charge in [-0.15, -0.1) is 0 Å². The summed E-state index contributed by atoms with van der Waals surface area (Å²) in [6.45, 7) is 4.79. The van der Waals surface area contributed by atoms with Crippen LogP contribution in [0.2, 0.25) is 0 Å². The van der Waals surface area contributed by atoms with E-state index in [1.807, 2.05) is 0 Å². The standard InChI is InChI=1S/C12H15FN2O3/c1-4-15(12(2,3)11(17)18)10(16)8-5-6-9(13)14-7-8/h5-7H,4H2,1-3H3,(H,17,18). The molecule has 1 amide bonds. The van der Waals surface area contributed by atoms with Gasteiger partial charge >= 0.3 is 5.97 Å². The molecule has 98 valence electrons. The summed E-state index contributed by atoms with van der Waals surface area (Å²) in [7, 11) is 0. The van der Waals surface area contributed by atoms with Gasteiger partial charge in [0.1, 0.15) is 5.54 Å². The number of aliphatic carboxylic acids is 1. The first kappa shape index (κ1) is 14.1. The molecule has 1 aromatic rings. The fourth-order valence-electron chi connectivity index (χ4n) is 1.57. The summed E-state index contributed by atoms with van der Waals surface area (Å²) in [5.74, 6) is -2.28. The number of halogens is 1. The third-order valence-electron chi connectivity index (χ3n) is 2.73. The Morgan fingerprint density at radius 3 is 2.44 bits per heavy atom. The molecule has 0 radical (unpaired) electrons. The Morgan fingerprint density at radius 1 is 1.44 bits per heavy atom. The number of carbonyl (C=O) groups is 2. The second-order valence-corrected chi connectivity index (χ2v) is 4.28. The van der Waals surface area contributed by atoms with Gasteiger partial charge in [-0.25, -0.2) is 9.78 Å². The first-order chi connectivity index (χ1) is 8.30. The molecule has 1 aromatic heterocycles. The summed E-state index contributed by atoms with van der Waals surface area (Å²) < 4.78 is 12.7. The zero-order valence-corrected chi connectivity index (χ0v) is 10.5. The van der Waals surface area contributed by atoms with Crippen molar-refractivity contribution in [3.8, 4) is 0 Å². The molecule has 0 bridgehead atoms. The van der Waals surface area contributed by atoms with E-state index in [2.05, 4.69) is 4.98 Å². The molecule has 0 atom stereocenters. The number of likely N-dealkylation sites (N-methyl/N-ethyl adjacent to an activating group) is 1. The van der Waals surface area contributed by atoms with Crippen LogP contribution < -0.4 is 0 Å². The average molecular weight is 254 g/mol. The van der Waals surface area contributed by atoms with E-state index >= 15 is 0 Å². The average Bonchev–Trinajstić information content (AvgIpc) is 2.30. The highest BCUT2D eigenvalue weighted by molar-refractivity contribution is 5.97. The van der Waals surface area contributed by atoms with Crippen molar-refractivity contribution in [2.75, 3.05) is 6.54 Å². The second kappa shape index (κ2) is 5.12. The summed E-state index contributed by atoms with van der Waals surface area (Å²) in [6.07, 6.45) is 1.10. The first-order valence-corrected chi connectivity index (χ1v) is 5.47. The van der Waals surface area contributed by atoms with Gasteiger partial charge in [0.25, 0.3) is 5.91 Å². The molecule has 0 unspecified atom stereocenters. The van der Waals surface area contributed by atoms with E-state index in [0.29, 0.717) is 0 Å². The van der Waals surface area contributed by atoms with Gasteiger partial charge < -0.3 is 10.0 Å². The first-order valence-electron chi connectivity index (χ1n) is 5.47. The number of carboxylic acids is 1. The minimum absolute atomic E-state index is 0.160. The SMILES string of the molecule is CCN(C(=O)c1ccc(F)nc1)C(C)(C)C(=O)O. The Morgan fingerprint density at radius 2 is 2.06 bits per heavy atom. The number of hydrogen-bond acceptors (Lipinski definition) is 3. The fourth-order valence-corrected chi connectivity index (χ4v) is 1.57. The topological polar surface area (TPSA) is 70.5 Å².